The normalized spacial score (nSPS) is 21.9. The van der Waals surface area contributed by atoms with Crippen LogP contribution in [-0.4, -0.2) is 41.1 Å². The zero-order valence-electron chi connectivity index (χ0n) is 12.2. The minimum Gasteiger partial charge on any atom is -0.480 e. The first-order valence-electron chi connectivity index (χ1n) is 7.18. The summed E-state index contributed by atoms with van der Waals surface area (Å²) in [5.41, 5.74) is 0. The highest BCUT2D eigenvalue weighted by molar-refractivity contribution is 5.82. The average molecular weight is 270 g/mol. The molecule has 0 bridgehead atoms. The monoisotopic (exact) mass is 270 g/mol. The lowest BCUT2D eigenvalue weighted by Gasteiger charge is -2.24. The van der Waals surface area contributed by atoms with E-state index in [0.29, 0.717) is 12.3 Å². The molecule has 1 heterocycles. The number of carboxylic acids is 1. The second-order valence-corrected chi connectivity index (χ2v) is 5.99. The van der Waals surface area contributed by atoms with E-state index in [4.69, 9.17) is 5.11 Å². The van der Waals surface area contributed by atoms with Gasteiger partial charge in [-0.2, -0.15) is 0 Å². The maximum Gasteiger partial charge on any atom is 0.326 e. The molecule has 5 nitrogen and oxygen atoms in total. The van der Waals surface area contributed by atoms with Gasteiger partial charge in [0.2, 0.25) is 0 Å². The van der Waals surface area contributed by atoms with Gasteiger partial charge in [-0.1, -0.05) is 20.8 Å². The van der Waals surface area contributed by atoms with Crippen LogP contribution in [0.1, 0.15) is 46.5 Å². The predicted molar refractivity (Wildman–Crippen MR) is 74.0 cm³/mol. The van der Waals surface area contributed by atoms with Crippen molar-refractivity contribution in [2.24, 2.45) is 11.8 Å². The Morgan fingerprint density at radius 1 is 1.32 bits per heavy atom. The van der Waals surface area contributed by atoms with Crippen LogP contribution in [0.2, 0.25) is 0 Å². The first-order valence-corrected chi connectivity index (χ1v) is 7.18. The number of hydrogen-bond acceptors (Lipinski definition) is 2. The lowest BCUT2D eigenvalue weighted by atomic mass is 10.0. The molecule has 0 aromatic heterocycles. The Morgan fingerprint density at radius 3 is 2.58 bits per heavy atom. The largest absolute Gasteiger partial charge is 0.480 e. The third kappa shape index (κ3) is 5.49. The summed E-state index contributed by atoms with van der Waals surface area (Å²) in [6, 6.07) is -1.02. The van der Waals surface area contributed by atoms with E-state index in [1.165, 1.54) is 0 Å². The van der Waals surface area contributed by atoms with Crippen molar-refractivity contribution >= 4 is 12.0 Å². The van der Waals surface area contributed by atoms with Gasteiger partial charge in [-0.15, -0.1) is 0 Å². The summed E-state index contributed by atoms with van der Waals surface area (Å²) in [4.78, 5) is 25.0. The Bertz CT molecular complexity index is 318. The number of carbonyl (C=O) groups excluding carboxylic acids is 1. The minimum absolute atomic E-state index is 0.234. The standard InChI is InChI=1S/C14H26N2O3/c1-10(2)9-12(13(17)18)15-14(19)16-7-4-5-11(3)6-8-16/h10-12H,4-9H2,1-3H3,(H,15,19)(H,17,18)/t11?,12-/m1/s1. The number of nitrogens with zero attached hydrogens (tertiary/aromatic N) is 1. The van der Waals surface area contributed by atoms with Gasteiger partial charge >= 0.3 is 12.0 Å². The summed E-state index contributed by atoms with van der Waals surface area (Å²) >= 11 is 0. The van der Waals surface area contributed by atoms with E-state index in [0.717, 1.165) is 32.4 Å². The Kier molecular flexibility index (Phi) is 6.12. The second kappa shape index (κ2) is 7.36. The number of rotatable bonds is 4. The number of amides is 2. The van der Waals surface area contributed by atoms with Crippen LogP contribution in [0.3, 0.4) is 0 Å². The third-order valence-corrected chi connectivity index (χ3v) is 3.61. The SMILES string of the molecule is CC(C)C[C@@H](NC(=O)N1CCCC(C)CC1)C(=O)O. The molecule has 5 heteroatoms. The summed E-state index contributed by atoms with van der Waals surface area (Å²) in [7, 11) is 0. The number of carbonyl (C=O) groups is 2. The van der Waals surface area contributed by atoms with Gasteiger partial charge in [0.1, 0.15) is 6.04 Å². The summed E-state index contributed by atoms with van der Waals surface area (Å²) in [6.07, 6.45) is 3.59. The molecule has 1 fully saturated rings. The fourth-order valence-electron chi connectivity index (χ4n) is 2.40. The van der Waals surface area contributed by atoms with Crippen molar-refractivity contribution in [2.75, 3.05) is 13.1 Å². The molecular weight excluding hydrogens is 244 g/mol. The third-order valence-electron chi connectivity index (χ3n) is 3.61. The minimum atomic E-state index is -0.953. The highest BCUT2D eigenvalue weighted by Gasteiger charge is 2.25. The fourth-order valence-corrected chi connectivity index (χ4v) is 2.40. The maximum absolute atomic E-state index is 12.1. The van der Waals surface area contributed by atoms with Crippen LogP contribution in [-0.2, 0) is 4.79 Å². The van der Waals surface area contributed by atoms with Gasteiger partial charge < -0.3 is 15.3 Å². The van der Waals surface area contributed by atoms with Gasteiger partial charge in [-0.25, -0.2) is 9.59 Å². The molecule has 1 rings (SSSR count). The summed E-state index contributed by atoms with van der Waals surface area (Å²) in [5, 5.41) is 11.8. The van der Waals surface area contributed by atoms with Crippen LogP contribution in [0.4, 0.5) is 4.79 Å². The van der Waals surface area contributed by atoms with Crippen LogP contribution in [0.5, 0.6) is 0 Å². The molecule has 0 aliphatic carbocycles. The lowest BCUT2D eigenvalue weighted by Crippen LogP contribution is -2.48. The van der Waals surface area contributed by atoms with Crippen LogP contribution in [0.25, 0.3) is 0 Å². The van der Waals surface area contributed by atoms with E-state index in [-0.39, 0.29) is 11.9 Å². The van der Waals surface area contributed by atoms with Crippen molar-refractivity contribution in [1.82, 2.24) is 10.2 Å². The molecule has 110 valence electrons. The molecule has 0 saturated carbocycles. The lowest BCUT2D eigenvalue weighted by molar-refractivity contribution is -0.139. The van der Waals surface area contributed by atoms with E-state index in [1.54, 1.807) is 4.90 Å². The number of likely N-dealkylation sites (tertiary alicyclic amines) is 1. The van der Waals surface area contributed by atoms with E-state index in [2.05, 4.69) is 12.2 Å². The molecule has 2 N–H and O–H groups in total. The maximum atomic E-state index is 12.1. The molecule has 19 heavy (non-hydrogen) atoms. The van der Waals surface area contributed by atoms with Crippen molar-refractivity contribution < 1.29 is 14.7 Å². The molecule has 1 aliphatic heterocycles. The van der Waals surface area contributed by atoms with Crippen molar-refractivity contribution in [3.63, 3.8) is 0 Å². The molecule has 1 saturated heterocycles. The van der Waals surface area contributed by atoms with E-state index in [9.17, 15) is 9.59 Å². The summed E-state index contributed by atoms with van der Waals surface area (Å²) < 4.78 is 0. The molecule has 1 unspecified atom stereocenters. The van der Waals surface area contributed by atoms with Crippen LogP contribution >= 0.6 is 0 Å². The van der Waals surface area contributed by atoms with Gasteiger partial charge in [-0.3, -0.25) is 0 Å². The van der Waals surface area contributed by atoms with Gasteiger partial charge in [0, 0.05) is 13.1 Å². The van der Waals surface area contributed by atoms with Gasteiger partial charge in [0.05, 0.1) is 0 Å². The fraction of sp³-hybridized carbons (Fsp3) is 0.857. The zero-order chi connectivity index (χ0) is 14.4. The second-order valence-electron chi connectivity index (χ2n) is 5.99. The molecular formula is C14H26N2O3. The van der Waals surface area contributed by atoms with Gasteiger partial charge in [0.15, 0.2) is 0 Å². The van der Waals surface area contributed by atoms with Crippen LogP contribution < -0.4 is 5.32 Å². The molecule has 0 radical (unpaired) electrons. The molecule has 1 aliphatic rings. The quantitative estimate of drug-likeness (QED) is 0.823. The highest BCUT2D eigenvalue weighted by atomic mass is 16.4. The number of carboxylic acid groups (broad SMARTS) is 1. The molecule has 0 aromatic carbocycles. The van der Waals surface area contributed by atoms with Crippen molar-refractivity contribution in [3.05, 3.63) is 0 Å². The first-order chi connectivity index (χ1) is 8.90. The van der Waals surface area contributed by atoms with E-state index in [1.807, 2.05) is 13.8 Å². The molecule has 2 atom stereocenters. The Morgan fingerprint density at radius 2 is 2.00 bits per heavy atom. The smallest absolute Gasteiger partial charge is 0.326 e. The molecule has 0 aromatic rings. The van der Waals surface area contributed by atoms with E-state index >= 15 is 0 Å². The van der Waals surface area contributed by atoms with Crippen molar-refractivity contribution in [1.29, 1.82) is 0 Å². The molecule has 2 amide bonds. The van der Waals surface area contributed by atoms with E-state index < -0.39 is 12.0 Å². The van der Waals surface area contributed by atoms with Crippen molar-refractivity contribution in [3.8, 4) is 0 Å². The first kappa shape index (κ1) is 15.8. The van der Waals surface area contributed by atoms with Crippen LogP contribution in [0.15, 0.2) is 0 Å². The number of urea groups is 1. The summed E-state index contributed by atoms with van der Waals surface area (Å²) in [5.74, 6) is -0.0699. The van der Waals surface area contributed by atoms with Crippen molar-refractivity contribution in [2.45, 2.75) is 52.5 Å². The Labute approximate surface area is 115 Å². The zero-order valence-corrected chi connectivity index (χ0v) is 12.2. The topological polar surface area (TPSA) is 69.6 Å². The number of aliphatic carboxylic acids is 1. The number of hydrogen-bond donors (Lipinski definition) is 2. The van der Waals surface area contributed by atoms with Crippen LogP contribution in [0, 0.1) is 11.8 Å². The van der Waals surface area contributed by atoms with Gasteiger partial charge in [-0.05, 0) is 37.5 Å². The Hall–Kier alpha value is -1.26. The molecule has 0 spiro atoms. The Balaban J connectivity index is 2.53. The summed E-state index contributed by atoms with van der Waals surface area (Å²) in [6.45, 7) is 7.55. The predicted octanol–water partition coefficient (Wildman–Crippen LogP) is 2.32. The highest BCUT2D eigenvalue weighted by Crippen LogP contribution is 2.16. The van der Waals surface area contributed by atoms with Gasteiger partial charge in [0.25, 0.3) is 0 Å². The average Bonchev–Trinajstić information content (AvgIpc) is 2.52. The number of nitrogens with one attached hydrogen (secondary N) is 1.